The highest BCUT2D eigenvalue weighted by Crippen LogP contribution is 2.39. The van der Waals surface area contributed by atoms with E-state index in [1.54, 1.807) is 17.9 Å². The maximum Gasteiger partial charge on any atom is 0.320 e. The highest BCUT2D eigenvalue weighted by atomic mass is 16.6. The van der Waals surface area contributed by atoms with Crippen molar-refractivity contribution in [2.75, 3.05) is 18.5 Å². The second kappa shape index (κ2) is 8.55. The van der Waals surface area contributed by atoms with Crippen LogP contribution in [0.25, 0.3) is 0 Å². The fourth-order valence-corrected chi connectivity index (χ4v) is 4.40. The number of anilines is 1. The molecule has 2 N–H and O–H groups in total. The van der Waals surface area contributed by atoms with Gasteiger partial charge in [-0.15, -0.1) is 0 Å². The lowest BCUT2D eigenvalue weighted by Crippen LogP contribution is -2.46. The lowest BCUT2D eigenvalue weighted by Gasteiger charge is -2.32. The maximum atomic E-state index is 12.6. The fraction of sp³-hybridized carbons (Fsp3) is 0.579. The molecule has 1 aromatic rings. The molecule has 1 amide bonds. The Labute approximate surface area is 162 Å². The van der Waals surface area contributed by atoms with Gasteiger partial charge in [0.1, 0.15) is 17.5 Å². The van der Waals surface area contributed by atoms with E-state index in [9.17, 15) is 24.8 Å². The lowest BCUT2D eigenvalue weighted by atomic mass is 9.85. The van der Waals surface area contributed by atoms with Gasteiger partial charge in [0.15, 0.2) is 0 Å². The van der Waals surface area contributed by atoms with E-state index in [0.29, 0.717) is 24.7 Å². The van der Waals surface area contributed by atoms with Crippen molar-refractivity contribution in [3.05, 3.63) is 28.3 Å². The molecule has 1 aliphatic carbocycles. The van der Waals surface area contributed by atoms with Gasteiger partial charge in [0.05, 0.1) is 24.1 Å². The molecular formula is C19H25N3O6. The van der Waals surface area contributed by atoms with Crippen LogP contribution in [0.1, 0.15) is 39.0 Å². The predicted molar refractivity (Wildman–Crippen MR) is 101 cm³/mol. The van der Waals surface area contributed by atoms with Crippen molar-refractivity contribution in [1.82, 2.24) is 4.90 Å². The summed E-state index contributed by atoms with van der Waals surface area (Å²) < 4.78 is 5.27. The Morgan fingerprint density at radius 1 is 1.36 bits per heavy atom. The number of likely N-dealkylation sites (tertiary alicyclic amines) is 1. The molecule has 152 valence electrons. The number of carbonyl (C=O) groups excluding carboxylic acids is 1. The average molecular weight is 391 g/mol. The lowest BCUT2D eigenvalue weighted by molar-refractivity contribution is -0.384. The van der Waals surface area contributed by atoms with Crippen LogP contribution in [0.3, 0.4) is 0 Å². The van der Waals surface area contributed by atoms with E-state index in [1.807, 2.05) is 0 Å². The van der Waals surface area contributed by atoms with Crippen LogP contribution < -0.4 is 10.1 Å². The van der Waals surface area contributed by atoms with E-state index in [1.165, 1.54) is 12.1 Å². The molecule has 9 nitrogen and oxygen atoms in total. The van der Waals surface area contributed by atoms with E-state index in [4.69, 9.17) is 4.74 Å². The molecule has 3 atom stereocenters. The van der Waals surface area contributed by atoms with Crippen molar-refractivity contribution < 1.29 is 24.4 Å². The van der Waals surface area contributed by atoms with E-state index in [2.05, 4.69) is 5.32 Å². The van der Waals surface area contributed by atoms with Gasteiger partial charge in [0.25, 0.3) is 5.69 Å². The van der Waals surface area contributed by atoms with Crippen LogP contribution in [0.4, 0.5) is 11.4 Å². The largest absolute Gasteiger partial charge is 0.494 e. The first-order valence-electron chi connectivity index (χ1n) is 9.60. The molecule has 0 radical (unpaired) electrons. The van der Waals surface area contributed by atoms with E-state index >= 15 is 0 Å². The number of nitro benzene ring substituents is 1. The number of amides is 1. The Morgan fingerprint density at radius 2 is 2.11 bits per heavy atom. The van der Waals surface area contributed by atoms with Gasteiger partial charge in [-0.1, -0.05) is 12.8 Å². The summed E-state index contributed by atoms with van der Waals surface area (Å²) in [6.07, 6.45) is 4.53. The molecule has 1 saturated carbocycles. The Bertz CT molecular complexity index is 768. The summed E-state index contributed by atoms with van der Waals surface area (Å²) in [4.78, 5) is 36.8. The van der Waals surface area contributed by atoms with Crippen molar-refractivity contribution >= 4 is 23.3 Å². The number of nitro groups is 1. The van der Waals surface area contributed by atoms with Crippen LogP contribution in [0, 0.1) is 16.0 Å². The first kappa shape index (κ1) is 20.1. The molecule has 0 bridgehead atoms. The third-order valence-electron chi connectivity index (χ3n) is 5.58. The molecule has 2 aliphatic rings. The van der Waals surface area contributed by atoms with Gasteiger partial charge >= 0.3 is 5.97 Å². The minimum absolute atomic E-state index is 0.0738. The minimum atomic E-state index is -0.922. The number of hydrogen-bond acceptors (Lipinski definition) is 6. The summed E-state index contributed by atoms with van der Waals surface area (Å²) in [5, 5.41) is 23.5. The Morgan fingerprint density at radius 3 is 2.79 bits per heavy atom. The smallest absolute Gasteiger partial charge is 0.320 e. The van der Waals surface area contributed by atoms with Crippen molar-refractivity contribution in [2.45, 2.75) is 51.1 Å². The van der Waals surface area contributed by atoms with Crippen molar-refractivity contribution in [1.29, 1.82) is 0 Å². The topological polar surface area (TPSA) is 122 Å². The second-order valence-corrected chi connectivity index (χ2v) is 7.29. The first-order chi connectivity index (χ1) is 13.4. The highest BCUT2D eigenvalue weighted by molar-refractivity contribution is 5.95. The quantitative estimate of drug-likeness (QED) is 0.541. The number of fused-ring (bicyclic) bond motifs is 1. The Balaban J connectivity index is 1.74. The second-order valence-electron chi connectivity index (χ2n) is 7.29. The third kappa shape index (κ3) is 4.24. The number of carboxylic acid groups (broad SMARTS) is 1. The number of carbonyl (C=O) groups is 2. The molecule has 0 spiro atoms. The number of ether oxygens (including phenoxy) is 1. The normalized spacial score (nSPS) is 24.4. The number of carboxylic acids is 1. The van der Waals surface area contributed by atoms with Crippen molar-refractivity contribution in [3.8, 4) is 5.75 Å². The van der Waals surface area contributed by atoms with Crippen LogP contribution in [0.5, 0.6) is 5.75 Å². The zero-order valence-electron chi connectivity index (χ0n) is 15.8. The van der Waals surface area contributed by atoms with Crippen LogP contribution in [-0.2, 0) is 9.59 Å². The summed E-state index contributed by atoms with van der Waals surface area (Å²) in [5.41, 5.74) is -0.184. The van der Waals surface area contributed by atoms with Gasteiger partial charge in [0, 0.05) is 6.04 Å². The number of benzene rings is 1. The van der Waals surface area contributed by atoms with Crippen LogP contribution in [-0.4, -0.2) is 52.0 Å². The highest BCUT2D eigenvalue weighted by Gasteiger charge is 2.45. The number of hydrogen-bond donors (Lipinski definition) is 2. The fourth-order valence-electron chi connectivity index (χ4n) is 4.40. The molecule has 1 saturated heterocycles. The number of rotatable bonds is 7. The average Bonchev–Trinajstić information content (AvgIpc) is 3.02. The SMILES string of the molecule is CCOc1ccc(NC(=O)CN2C(C(=O)O)CC3CCCCC32)c([N+](=O)[O-])c1. The van der Waals surface area contributed by atoms with Gasteiger partial charge < -0.3 is 15.2 Å². The molecule has 0 aromatic heterocycles. The molecule has 2 fully saturated rings. The maximum absolute atomic E-state index is 12.6. The van der Waals surface area contributed by atoms with E-state index in [0.717, 1.165) is 25.7 Å². The predicted octanol–water partition coefficient (Wildman–Crippen LogP) is 2.65. The third-order valence-corrected chi connectivity index (χ3v) is 5.58. The minimum Gasteiger partial charge on any atom is -0.494 e. The monoisotopic (exact) mass is 391 g/mol. The van der Waals surface area contributed by atoms with Gasteiger partial charge in [-0.05, 0) is 44.2 Å². The van der Waals surface area contributed by atoms with Crippen LogP contribution in [0.2, 0.25) is 0 Å². The van der Waals surface area contributed by atoms with Gasteiger partial charge in [-0.3, -0.25) is 24.6 Å². The zero-order valence-corrected chi connectivity index (χ0v) is 15.8. The molecular weight excluding hydrogens is 366 g/mol. The van der Waals surface area contributed by atoms with Crippen molar-refractivity contribution in [3.63, 3.8) is 0 Å². The summed E-state index contributed by atoms with van der Waals surface area (Å²) >= 11 is 0. The van der Waals surface area contributed by atoms with Gasteiger partial charge in [-0.2, -0.15) is 0 Å². The summed E-state index contributed by atoms with van der Waals surface area (Å²) in [6, 6.07) is 3.65. The van der Waals surface area contributed by atoms with Crippen molar-refractivity contribution in [2.24, 2.45) is 5.92 Å². The van der Waals surface area contributed by atoms with Crippen LogP contribution >= 0.6 is 0 Å². The first-order valence-corrected chi connectivity index (χ1v) is 9.60. The molecule has 9 heteroatoms. The summed E-state index contributed by atoms with van der Waals surface area (Å²) in [5.74, 6) is -0.732. The van der Waals surface area contributed by atoms with E-state index in [-0.39, 0.29) is 24.0 Å². The zero-order chi connectivity index (χ0) is 20.3. The summed E-state index contributed by atoms with van der Waals surface area (Å²) in [7, 11) is 0. The van der Waals surface area contributed by atoms with Gasteiger partial charge in [0.2, 0.25) is 5.91 Å². The molecule has 1 heterocycles. The Kier molecular flexibility index (Phi) is 6.13. The molecule has 3 unspecified atom stereocenters. The number of nitrogens with one attached hydrogen (secondary N) is 1. The number of nitrogens with zero attached hydrogens (tertiary/aromatic N) is 2. The molecule has 28 heavy (non-hydrogen) atoms. The molecule has 1 aliphatic heterocycles. The molecule has 3 rings (SSSR count). The number of aliphatic carboxylic acids is 1. The van der Waals surface area contributed by atoms with E-state index < -0.39 is 22.8 Å². The van der Waals surface area contributed by atoms with Gasteiger partial charge in [-0.25, -0.2) is 0 Å². The Hall–Kier alpha value is -2.68. The standard InChI is InChI=1S/C19H25N3O6/c1-2-28-13-7-8-14(16(10-13)22(26)27)20-18(23)11-21-15-6-4-3-5-12(15)9-17(21)19(24)25/h7-8,10,12,15,17H,2-6,9,11H2,1H3,(H,20,23)(H,24,25). The molecule has 1 aromatic carbocycles. The van der Waals surface area contributed by atoms with Crippen LogP contribution in [0.15, 0.2) is 18.2 Å². The summed E-state index contributed by atoms with van der Waals surface area (Å²) in [6.45, 7) is 2.05.